The number of halogens is 1. The number of benzene rings is 2. The Kier molecular flexibility index (Phi) is 6.42. The third kappa shape index (κ3) is 4.84. The molecule has 3 rings (SSSR count). The molecule has 0 N–H and O–H groups in total. The van der Waals surface area contributed by atoms with Crippen LogP contribution >= 0.6 is 0 Å². The second-order valence-corrected chi connectivity index (χ2v) is 6.65. The summed E-state index contributed by atoms with van der Waals surface area (Å²) < 4.78 is 24.5. The zero-order valence-corrected chi connectivity index (χ0v) is 15.7. The van der Waals surface area contributed by atoms with Crippen molar-refractivity contribution in [2.75, 3.05) is 40.5 Å². The van der Waals surface area contributed by atoms with E-state index in [0.29, 0.717) is 38.4 Å². The predicted molar refractivity (Wildman–Crippen MR) is 101 cm³/mol. The highest BCUT2D eigenvalue weighted by atomic mass is 19.1. The number of amides is 1. The van der Waals surface area contributed by atoms with Crippen LogP contribution in [0.1, 0.15) is 17.2 Å². The Morgan fingerprint density at radius 2 is 1.96 bits per heavy atom. The van der Waals surface area contributed by atoms with Crippen LogP contribution in [-0.4, -0.2) is 56.2 Å². The molecule has 2 aromatic rings. The van der Waals surface area contributed by atoms with E-state index in [9.17, 15) is 9.18 Å². The lowest BCUT2D eigenvalue weighted by Gasteiger charge is -2.36. The number of rotatable bonds is 6. The number of hydrogen-bond acceptors (Lipinski definition) is 4. The van der Waals surface area contributed by atoms with Crippen LogP contribution in [-0.2, 0) is 16.1 Å². The topological polar surface area (TPSA) is 42.0 Å². The summed E-state index contributed by atoms with van der Waals surface area (Å²) in [6.45, 7) is 2.86. The molecule has 5 nitrogen and oxygen atoms in total. The van der Waals surface area contributed by atoms with Crippen LogP contribution in [0.15, 0.2) is 48.5 Å². The average Bonchev–Trinajstić information content (AvgIpc) is 2.69. The van der Waals surface area contributed by atoms with E-state index < -0.39 is 6.04 Å². The van der Waals surface area contributed by atoms with Gasteiger partial charge in [0.2, 0.25) is 5.91 Å². The maximum atomic E-state index is 13.8. The fourth-order valence-corrected chi connectivity index (χ4v) is 3.35. The van der Waals surface area contributed by atoms with Gasteiger partial charge in [-0.2, -0.15) is 0 Å². The van der Waals surface area contributed by atoms with Crippen molar-refractivity contribution >= 4 is 5.91 Å². The molecule has 1 aliphatic rings. The molecular weight excluding hydrogens is 347 g/mol. The van der Waals surface area contributed by atoms with Crippen LogP contribution in [0.4, 0.5) is 4.39 Å². The fourth-order valence-electron chi connectivity index (χ4n) is 3.35. The van der Waals surface area contributed by atoms with Crippen LogP contribution in [0, 0.1) is 5.82 Å². The summed E-state index contributed by atoms with van der Waals surface area (Å²) in [6.07, 6.45) is 0. The maximum Gasteiger partial charge on any atom is 0.244 e. The molecule has 0 bridgehead atoms. The summed E-state index contributed by atoms with van der Waals surface area (Å²) in [4.78, 5) is 17.0. The molecule has 0 aromatic heterocycles. The first-order valence-electron chi connectivity index (χ1n) is 9.03. The van der Waals surface area contributed by atoms with E-state index in [0.717, 1.165) is 11.3 Å². The lowest BCUT2D eigenvalue weighted by atomic mass is 10.0. The summed E-state index contributed by atoms with van der Waals surface area (Å²) in [5.41, 5.74) is 1.64. The minimum absolute atomic E-state index is 0.0645. The molecule has 0 aliphatic carbocycles. The summed E-state index contributed by atoms with van der Waals surface area (Å²) in [5, 5.41) is 0. The summed E-state index contributed by atoms with van der Waals surface area (Å²) in [7, 11) is 3.39. The van der Waals surface area contributed by atoms with Crippen molar-refractivity contribution in [1.29, 1.82) is 0 Å². The van der Waals surface area contributed by atoms with Crippen molar-refractivity contribution < 1.29 is 18.7 Å². The monoisotopic (exact) mass is 372 g/mol. The lowest BCUT2D eigenvalue weighted by molar-refractivity contribution is -0.138. The Balaban J connectivity index is 1.82. The quantitative estimate of drug-likeness (QED) is 0.782. The van der Waals surface area contributed by atoms with Gasteiger partial charge in [-0.25, -0.2) is 4.39 Å². The van der Waals surface area contributed by atoms with E-state index >= 15 is 0 Å². The Morgan fingerprint density at radius 3 is 2.67 bits per heavy atom. The standard InChI is InChI=1S/C21H25FN2O3/c1-23(15-16-5-3-8-19(13-16)26-2)21(25)20(24-9-11-27-12-10-24)17-6-4-7-18(22)14-17/h3-8,13-14,20H,9-12,15H2,1-2H3/t20-/m0/s1. The molecule has 0 saturated carbocycles. The molecule has 6 heteroatoms. The van der Waals surface area contributed by atoms with Crippen molar-refractivity contribution in [2.24, 2.45) is 0 Å². The molecule has 0 spiro atoms. The molecule has 0 unspecified atom stereocenters. The maximum absolute atomic E-state index is 13.8. The molecule has 1 aliphatic heterocycles. The van der Waals surface area contributed by atoms with E-state index in [1.807, 2.05) is 24.3 Å². The van der Waals surface area contributed by atoms with Crippen molar-refractivity contribution in [2.45, 2.75) is 12.6 Å². The molecule has 144 valence electrons. The predicted octanol–water partition coefficient (Wildman–Crippen LogP) is 2.87. The van der Waals surface area contributed by atoms with Crippen molar-refractivity contribution in [3.05, 3.63) is 65.5 Å². The number of carbonyl (C=O) groups is 1. The molecule has 0 radical (unpaired) electrons. The SMILES string of the molecule is COc1cccc(CN(C)C(=O)[C@H](c2cccc(F)c2)N2CCOCC2)c1. The molecule has 27 heavy (non-hydrogen) atoms. The second kappa shape index (κ2) is 8.97. The molecule has 2 aromatic carbocycles. The smallest absolute Gasteiger partial charge is 0.244 e. The van der Waals surface area contributed by atoms with Gasteiger partial charge in [0.25, 0.3) is 0 Å². The van der Waals surface area contributed by atoms with Crippen LogP contribution < -0.4 is 4.74 Å². The fraction of sp³-hybridized carbons (Fsp3) is 0.381. The van der Waals surface area contributed by atoms with E-state index in [2.05, 4.69) is 4.90 Å². The average molecular weight is 372 g/mol. The highest BCUT2D eigenvalue weighted by Gasteiger charge is 2.31. The van der Waals surface area contributed by atoms with Gasteiger partial charge in [0.1, 0.15) is 17.6 Å². The van der Waals surface area contributed by atoms with E-state index in [1.54, 1.807) is 31.2 Å². The van der Waals surface area contributed by atoms with E-state index in [4.69, 9.17) is 9.47 Å². The number of morpholine rings is 1. The number of methoxy groups -OCH3 is 1. The van der Waals surface area contributed by atoms with Gasteiger partial charge >= 0.3 is 0 Å². The van der Waals surface area contributed by atoms with Gasteiger partial charge in [0.05, 0.1) is 20.3 Å². The third-order valence-electron chi connectivity index (χ3n) is 4.74. The summed E-state index contributed by atoms with van der Waals surface area (Å²) >= 11 is 0. The van der Waals surface area contributed by atoms with Crippen LogP contribution in [0.3, 0.4) is 0 Å². The lowest BCUT2D eigenvalue weighted by Crippen LogP contribution is -2.46. The van der Waals surface area contributed by atoms with Gasteiger partial charge in [-0.05, 0) is 35.4 Å². The Labute approximate surface area is 159 Å². The van der Waals surface area contributed by atoms with Gasteiger partial charge in [-0.15, -0.1) is 0 Å². The van der Waals surface area contributed by atoms with Crippen molar-refractivity contribution in [3.8, 4) is 5.75 Å². The van der Waals surface area contributed by atoms with Gasteiger partial charge < -0.3 is 14.4 Å². The molecule has 1 heterocycles. The van der Waals surface area contributed by atoms with E-state index in [-0.39, 0.29) is 11.7 Å². The Hall–Kier alpha value is -2.44. The molecule has 1 atom stereocenters. The first kappa shape index (κ1) is 19.3. The molecule has 1 amide bonds. The van der Waals surface area contributed by atoms with Gasteiger partial charge in [0.15, 0.2) is 0 Å². The normalized spacial score (nSPS) is 16.0. The highest BCUT2D eigenvalue weighted by Crippen LogP contribution is 2.25. The zero-order valence-electron chi connectivity index (χ0n) is 15.7. The van der Waals surface area contributed by atoms with Gasteiger partial charge in [0, 0.05) is 26.7 Å². The first-order valence-corrected chi connectivity index (χ1v) is 9.03. The van der Waals surface area contributed by atoms with Crippen molar-refractivity contribution in [1.82, 2.24) is 9.80 Å². The number of ether oxygens (including phenoxy) is 2. The molecule has 1 saturated heterocycles. The number of carbonyl (C=O) groups excluding carboxylic acids is 1. The molecule has 1 fully saturated rings. The minimum atomic E-state index is -0.528. The number of likely N-dealkylation sites (N-methyl/N-ethyl adjacent to an activating group) is 1. The second-order valence-electron chi connectivity index (χ2n) is 6.65. The van der Waals surface area contributed by atoms with E-state index in [1.165, 1.54) is 12.1 Å². The van der Waals surface area contributed by atoms with Crippen LogP contribution in [0.5, 0.6) is 5.75 Å². The van der Waals surface area contributed by atoms with Crippen LogP contribution in [0.25, 0.3) is 0 Å². The Morgan fingerprint density at radius 1 is 1.22 bits per heavy atom. The van der Waals surface area contributed by atoms with Crippen LogP contribution in [0.2, 0.25) is 0 Å². The number of nitrogens with zero attached hydrogens (tertiary/aromatic N) is 2. The summed E-state index contributed by atoms with van der Waals surface area (Å²) in [5.74, 6) is 0.350. The minimum Gasteiger partial charge on any atom is -0.497 e. The first-order chi connectivity index (χ1) is 13.1. The third-order valence-corrected chi connectivity index (χ3v) is 4.74. The van der Waals surface area contributed by atoms with Gasteiger partial charge in [-0.1, -0.05) is 24.3 Å². The highest BCUT2D eigenvalue weighted by molar-refractivity contribution is 5.83. The molecular formula is C21H25FN2O3. The number of hydrogen-bond donors (Lipinski definition) is 0. The Bertz CT molecular complexity index is 778. The summed E-state index contributed by atoms with van der Waals surface area (Å²) in [6, 6.07) is 13.4. The van der Waals surface area contributed by atoms with Gasteiger partial charge in [-0.3, -0.25) is 9.69 Å². The largest absolute Gasteiger partial charge is 0.497 e. The van der Waals surface area contributed by atoms with Crippen molar-refractivity contribution in [3.63, 3.8) is 0 Å². The zero-order chi connectivity index (χ0) is 19.2.